The Balaban J connectivity index is 1.54. The molecule has 140 valence electrons. The van der Waals surface area contributed by atoms with E-state index in [4.69, 9.17) is 17.3 Å². The number of hydrogen-bond donors (Lipinski definition) is 2. The SMILES string of the molecule is CC(C)(C)c1n[nH]c(CN=C(N)N2CCN(c3ccc(Cl)cc3)CC2)n1. The smallest absolute Gasteiger partial charge is 0.191 e. The lowest BCUT2D eigenvalue weighted by Gasteiger charge is -2.36. The van der Waals surface area contributed by atoms with E-state index in [1.54, 1.807) is 0 Å². The minimum Gasteiger partial charge on any atom is -0.370 e. The van der Waals surface area contributed by atoms with Crippen molar-refractivity contribution in [1.29, 1.82) is 0 Å². The summed E-state index contributed by atoms with van der Waals surface area (Å²) in [6.07, 6.45) is 0. The van der Waals surface area contributed by atoms with Crippen molar-refractivity contribution in [3.8, 4) is 0 Å². The van der Waals surface area contributed by atoms with Crippen molar-refractivity contribution in [2.75, 3.05) is 31.1 Å². The van der Waals surface area contributed by atoms with Crippen LogP contribution in [0.1, 0.15) is 32.4 Å². The first kappa shape index (κ1) is 18.5. The molecule has 0 amide bonds. The minimum absolute atomic E-state index is 0.0813. The molecule has 1 saturated heterocycles. The number of halogens is 1. The highest BCUT2D eigenvalue weighted by Gasteiger charge is 2.20. The Hall–Kier alpha value is -2.28. The number of rotatable bonds is 3. The molecule has 2 aromatic rings. The fraction of sp³-hybridized carbons (Fsp3) is 0.500. The first-order valence-electron chi connectivity index (χ1n) is 8.80. The van der Waals surface area contributed by atoms with Crippen molar-refractivity contribution in [3.05, 3.63) is 40.9 Å². The number of piperazine rings is 1. The Kier molecular flexibility index (Phi) is 5.36. The molecule has 0 spiro atoms. The molecule has 3 rings (SSSR count). The van der Waals surface area contributed by atoms with Crippen LogP contribution in [0.2, 0.25) is 5.02 Å². The molecule has 0 atom stereocenters. The highest BCUT2D eigenvalue weighted by molar-refractivity contribution is 6.30. The number of H-pyrrole nitrogens is 1. The lowest BCUT2D eigenvalue weighted by atomic mass is 9.96. The Labute approximate surface area is 159 Å². The topological polar surface area (TPSA) is 86.4 Å². The van der Waals surface area contributed by atoms with Gasteiger partial charge in [0.1, 0.15) is 12.4 Å². The average molecular weight is 376 g/mol. The highest BCUT2D eigenvalue weighted by atomic mass is 35.5. The summed E-state index contributed by atoms with van der Waals surface area (Å²) in [4.78, 5) is 13.4. The number of hydrogen-bond acceptors (Lipinski definition) is 4. The molecule has 0 saturated carbocycles. The van der Waals surface area contributed by atoms with Crippen LogP contribution < -0.4 is 10.6 Å². The van der Waals surface area contributed by atoms with Crippen LogP contribution in [0.3, 0.4) is 0 Å². The summed E-state index contributed by atoms with van der Waals surface area (Å²) in [5.74, 6) is 2.07. The number of benzene rings is 1. The third kappa shape index (κ3) is 4.46. The van der Waals surface area contributed by atoms with Crippen molar-refractivity contribution < 1.29 is 0 Å². The van der Waals surface area contributed by atoms with Gasteiger partial charge in [0, 0.05) is 42.3 Å². The number of aromatic amines is 1. The predicted octanol–water partition coefficient (Wildman–Crippen LogP) is 2.39. The molecule has 1 fully saturated rings. The molecule has 1 aromatic carbocycles. The van der Waals surface area contributed by atoms with E-state index in [1.807, 2.05) is 24.3 Å². The molecule has 26 heavy (non-hydrogen) atoms. The van der Waals surface area contributed by atoms with Gasteiger partial charge in [0.2, 0.25) is 0 Å². The van der Waals surface area contributed by atoms with Crippen molar-refractivity contribution in [3.63, 3.8) is 0 Å². The molecule has 1 aromatic heterocycles. The van der Waals surface area contributed by atoms with Crippen LogP contribution in [0.15, 0.2) is 29.3 Å². The largest absolute Gasteiger partial charge is 0.370 e. The van der Waals surface area contributed by atoms with Gasteiger partial charge < -0.3 is 15.5 Å². The Morgan fingerprint density at radius 3 is 2.42 bits per heavy atom. The molecule has 0 radical (unpaired) electrons. The van der Waals surface area contributed by atoms with Gasteiger partial charge in [0.25, 0.3) is 0 Å². The summed E-state index contributed by atoms with van der Waals surface area (Å²) < 4.78 is 0. The molecule has 1 aliphatic heterocycles. The summed E-state index contributed by atoms with van der Waals surface area (Å²) in [6.45, 7) is 10.1. The lowest BCUT2D eigenvalue weighted by molar-refractivity contribution is 0.380. The van der Waals surface area contributed by atoms with Gasteiger partial charge in [-0.1, -0.05) is 32.4 Å². The van der Waals surface area contributed by atoms with Crippen LogP contribution in [-0.4, -0.2) is 52.2 Å². The van der Waals surface area contributed by atoms with Gasteiger partial charge in [-0.25, -0.2) is 9.98 Å². The molecule has 7 nitrogen and oxygen atoms in total. The van der Waals surface area contributed by atoms with Crippen LogP contribution in [0, 0.1) is 0 Å². The maximum atomic E-state index is 6.17. The van der Waals surface area contributed by atoms with Crippen molar-refractivity contribution in [1.82, 2.24) is 20.1 Å². The monoisotopic (exact) mass is 375 g/mol. The molecule has 0 bridgehead atoms. The Morgan fingerprint density at radius 2 is 1.85 bits per heavy atom. The number of guanidine groups is 1. The number of aliphatic imine (C=N–C) groups is 1. The van der Waals surface area contributed by atoms with Gasteiger partial charge in [-0.15, -0.1) is 0 Å². The van der Waals surface area contributed by atoms with Crippen LogP contribution in [-0.2, 0) is 12.0 Å². The van der Waals surface area contributed by atoms with E-state index in [1.165, 1.54) is 5.69 Å². The van der Waals surface area contributed by atoms with E-state index >= 15 is 0 Å². The van der Waals surface area contributed by atoms with Crippen LogP contribution in [0.5, 0.6) is 0 Å². The van der Waals surface area contributed by atoms with Crippen molar-refractivity contribution in [2.24, 2.45) is 10.7 Å². The first-order chi connectivity index (χ1) is 12.3. The first-order valence-corrected chi connectivity index (χ1v) is 9.18. The van der Waals surface area contributed by atoms with Crippen LogP contribution in [0.4, 0.5) is 5.69 Å². The summed E-state index contributed by atoms with van der Waals surface area (Å²) in [5.41, 5.74) is 7.27. The van der Waals surface area contributed by atoms with Crippen LogP contribution >= 0.6 is 11.6 Å². The van der Waals surface area contributed by atoms with E-state index in [9.17, 15) is 0 Å². The molecular formula is C18H26ClN7. The molecule has 1 aliphatic rings. The summed E-state index contributed by atoms with van der Waals surface area (Å²) in [7, 11) is 0. The number of anilines is 1. The van der Waals surface area contributed by atoms with E-state index < -0.39 is 0 Å². The van der Waals surface area contributed by atoms with Gasteiger partial charge >= 0.3 is 0 Å². The number of aromatic nitrogens is 3. The summed E-state index contributed by atoms with van der Waals surface area (Å²) in [5, 5.41) is 7.95. The fourth-order valence-corrected chi connectivity index (χ4v) is 2.93. The average Bonchev–Trinajstić information content (AvgIpc) is 3.10. The quantitative estimate of drug-likeness (QED) is 0.635. The van der Waals surface area contributed by atoms with Gasteiger partial charge in [-0.05, 0) is 24.3 Å². The second-order valence-corrected chi connectivity index (χ2v) is 7.92. The zero-order chi connectivity index (χ0) is 18.7. The molecular weight excluding hydrogens is 350 g/mol. The van der Waals surface area contributed by atoms with Gasteiger partial charge in [0.15, 0.2) is 11.8 Å². The van der Waals surface area contributed by atoms with E-state index in [-0.39, 0.29) is 5.41 Å². The third-order valence-corrected chi connectivity index (χ3v) is 4.64. The number of nitrogens with zero attached hydrogens (tertiary/aromatic N) is 5. The minimum atomic E-state index is -0.0813. The highest BCUT2D eigenvalue weighted by Crippen LogP contribution is 2.20. The Morgan fingerprint density at radius 1 is 1.19 bits per heavy atom. The van der Waals surface area contributed by atoms with Gasteiger partial charge in [-0.3, -0.25) is 5.10 Å². The van der Waals surface area contributed by atoms with E-state index in [2.05, 4.69) is 50.7 Å². The number of nitrogens with two attached hydrogens (primary N) is 1. The third-order valence-electron chi connectivity index (χ3n) is 4.39. The fourth-order valence-electron chi connectivity index (χ4n) is 2.80. The molecule has 0 unspecified atom stereocenters. The lowest BCUT2D eigenvalue weighted by Crippen LogP contribution is -2.51. The Bertz CT molecular complexity index is 753. The maximum Gasteiger partial charge on any atom is 0.191 e. The van der Waals surface area contributed by atoms with Crippen molar-refractivity contribution >= 4 is 23.2 Å². The molecule has 3 N–H and O–H groups in total. The second-order valence-electron chi connectivity index (χ2n) is 7.48. The molecule has 8 heteroatoms. The summed E-state index contributed by atoms with van der Waals surface area (Å²) in [6, 6.07) is 7.93. The predicted molar refractivity (Wildman–Crippen MR) is 106 cm³/mol. The standard InChI is InChI=1S/C18H26ClN7/c1-18(2,3)16-22-15(23-24-16)12-21-17(20)26-10-8-25(9-11-26)14-6-4-13(19)5-7-14/h4-7H,8-12H2,1-3H3,(H2,20,21)(H,22,23,24). The molecule has 0 aliphatic carbocycles. The maximum absolute atomic E-state index is 6.17. The van der Waals surface area contributed by atoms with E-state index in [0.29, 0.717) is 12.5 Å². The number of nitrogens with one attached hydrogen (secondary N) is 1. The van der Waals surface area contributed by atoms with Crippen LogP contribution in [0.25, 0.3) is 0 Å². The van der Waals surface area contributed by atoms with E-state index in [0.717, 1.165) is 42.9 Å². The second kappa shape index (κ2) is 7.53. The normalized spacial score (nSPS) is 16.2. The summed E-state index contributed by atoms with van der Waals surface area (Å²) >= 11 is 5.96. The molecule has 2 heterocycles. The zero-order valence-corrected chi connectivity index (χ0v) is 16.3. The van der Waals surface area contributed by atoms with Gasteiger partial charge in [-0.2, -0.15) is 5.10 Å². The van der Waals surface area contributed by atoms with Crippen molar-refractivity contribution in [2.45, 2.75) is 32.7 Å². The zero-order valence-electron chi connectivity index (χ0n) is 15.5. The van der Waals surface area contributed by atoms with Gasteiger partial charge in [0.05, 0.1) is 0 Å².